The van der Waals surface area contributed by atoms with E-state index in [1.807, 2.05) is 13.0 Å². The monoisotopic (exact) mass is 277 g/mol. The lowest BCUT2D eigenvalue weighted by Gasteiger charge is -2.34. The van der Waals surface area contributed by atoms with Gasteiger partial charge in [0.15, 0.2) is 0 Å². The van der Waals surface area contributed by atoms with E-state index >= 15 is 0 Å². The summed E-state index contributed by atoms with van der Waals surface area (Å²) in [6, 6.07) is 2.38. The minimum atomic E-state index is 0.487. The zero-order valence-electron chi connectivity index (χ0n) is 13.2. The molecule has 1 saturated carbocycles. The van der Waals surface area contributed by atoms with Crippen LogP contribution in [0.3, 0.4) is 0 Å². The zero-order valence-corrected chi connectivity index (χ0v) is 13.2. The summed E-state index contributed by atoms with van der Waals surface area (Å²) in [5.74, 6) is 1.39. The van der Waals surface area contributed by atoms with Crippen LogP contribution in [0.2, 0.25) is 0 Å². The van der Waals surface area contributed by atoms with Crippen LogP contribution in [0, 0.1) is 12.3 Å². The van der Waals surface area contributed by atoms with E-state index in [0.717, 1.165) is 12.1 Å². The Labute approximate surface area is 122 Å². The first kappa shape index (κ1) is 15.1. The first-order valence-electron chi connectivity index (χ1n) is 7.73. The number of hydrogen-bond acceptors (Lipinski definition) is 4. The standard InChI is InChI=1S/C16H27N3O/c1-5-10-20-14-11-12(2)17-15(19-14)18-13-6-8-16(3,4)9-7-13/h11,13H,5-10H2,1-4H3,(H,17,18,19). The number of nitrogens with one attached hydrogen (secondary N) is 1. The van der Waals surface area contributed by atoms with E-state index < -0.39 is 0 Å². The van der Waals surface area contributed by atoms with Gasteiger partial charge >= 0.3 is 0 Å². The molecule has 0 bridgehead atoms. The van der Waals surface area contributed by atoms with Crippen LogP contribution in [0.4, 0.5) is 5.95 Å². The predicted octanol–water partition coefficient (Wildman–Crippen LogP) is 3.95. The molecule has 1 aliphatic rings. The van der Waals surface area contributed by atoms with Gasteiger partial charge in [0.1, 0.15) is 0 Å². The van der Waals surface area contributed by atoms with Crippen molar-refractivity contribution in [2.24, 2.45) is 5.41 Å². The van der Waals surface area contributed by atoms with Crippen molar-refractivity contribution in [3.05, 3.63) is 11.8 Å². The maximum absolute atomic E-state index is 5.61. The van der Waals surface area contributed by atoms with Crippen LogP contribution in [0.1, 0.15) is 58.6 Å². The van der Waals surface area contributed by atoms with E-state index in [1.165, 1.54) is 25.7 Å². The Balaban J connectivity index is 1.97. The molecular formula is C16H27N3O. The van der Waals surface area contributed by atoms with Crippen molar-refractivity contribution in [3.63, 3.8) is 0 Å². The lowest BCUT2D eigenvalue weighted by Crippen LogP contribution is -2.30. The molecule has 0 aliphatic heterocycles. The zero-order chi connectivity index (χ0) is 14.6. The molecule has 20 heavy (non-hydrogen) atoms. The van der Waals surface area contributed by atoms with Crippen LogP contribution >= 0.6 is 0 Å². The summed E-state index contributed by atoms with van der Waals surface area (Å²) in [6.45, 7) is 9.48. The highest BCUT2D eigenvalue weighted by molar-refractivity contribution is 5.31. The van der Waals surface area contributed by atoms with Gasteiger partial charge in [-0.1, -0.05) is 20.8 Å². The van der Waals surface area contributed by atoms with E-state index in [2.05, 4.69) is 36.1 Å². The van der Waals surface area contributed by atoms with Gasteiger partial charge < -0.3 is 10.1 Å². The second-order valence-corrected chi connectivity index (χ2v) is 6.60. The molecule has 0 atom stereocenters. The van der Waals surface area contributed by atoms with Crippen molar-refractivity contribution < 1.29 is 4.74 Å². The Kier molecular flexibility index (Phi) is 4.84. The maximum Gasteiger partial charge on any atom is 0.226 e. The fraction of sp³-hybridized carbons (Fsp3) is 0.750. The van der Waals surface area contributed by atoms with Crippen molar-refractivity contribution in [2.45, 2.75) is 65.8 Å². The fourth-order valence-corrected chi connectivity index (χ4v) is 2.61. The molecule has 0 saturated heterocycles. The van der Waals surface area contributed by atoms with Crippen molar-refractivity contribution in [3.8, 4) is 5.88 Å². The smallest absolute Gasteiger partial charge is 0.226 e. The van der Waals surface area contributed by atoms with E-state index in [1.54, 1.807) is 0 Å². The number of hydrogen-bond donors (Lipinski definition) is 1. The largest absolute Gasteiger partial charge is 0.478 e. The summed E-state index contributed by atoms with van der Waals surface area (Å²) in [6.07, 6.45) is 5.89. The van der Waals surface area contributed by atoms with Gasteiger partial charge in [0.25, 0.3) is 0 Å². The van der Waals surface area contributed by atoms with Gasteiger partial charge in [-0.05, 0) is 44.4 Å². The lowest BCUT2D eigenvalue weighted by molar-refractivity contribution is 0.232. The number of rotatable bonds is 5. The maximum atomic E-state index is 5.61. The van der Waals surface area contributed by atoms with E-state index in [-0.39, 0.29) is 0 Å². The van der Waals surface area contributed by atoms with Crippen molar-refractivity contribution >= 4 is 5.95 Å². The van der Waals surface area contributed by atoms with Gasteiger partial charge in [-0.3, -0.25) is 0 Å². The van der Waals surface area contributed by atoms with Crippen molar-refractivity contribution in [2.75, 3.05) is 11.9 Å². The van der Waals surface area contributed by atoms with E-state index in [9.17, 15) is 0 Å². The van der Waals surface area contributed by atoms with Crippen LogP contribution in [0.25, 0.3) is 0 Å². The number of ether oxygens (including phenoxy) is 1. The summed E-state index contributed by atoms with van der Waals surface area (Å²) in [5, 5.41) is 3.47. The highest BCUT2D eigenvalue weighted by Crippen LogP contribution is 2.35. The molecule has 1 aromatic rings. The second-order valence-electron chi connectivity index (χ2n) is 6.60. The Bertz CT molecular complexity index is 435. The Morgan fingerprint density at radius 3 is 2.65 bits per heavy atom. The van der Waals surface area contributed by atoms with Gasteiger partial charge in [0, 0.05) is 17.8 Å². The topological polar surface area (TPSA) is 47.0 Å². The quantitative estimate of drug-likeness (QED) is 0.885. The third-order valence-electron chi connectivity index (χ3n) is 3.96. The summed E-state index contributed by atoms with van der Waals surface area (Å²) >= 11 is 0. The average molecular weight is 277 g/mol. The molecule has 1 fully saturated rings. The summed E-state index contributed by atoms with van der Waals surface area (Å²) in [4.78, 5) is 8.93. The molecule has 0 amide bonds. The fourth-order valence-electron chi connectivity index (χ4n) is 2.61. The van der Waals surface area contributed by atoms with Gasteiger partial charge in [-0.15, -0.1) is 0 Å². The minimum absolute atomic E-state index is 0.487. The molecular weight excluding hydrogens is 250 g/mol. The summed E-state index contributed by atoms with van der Waals surface area (Å²) in [5.41, 5.74) is 1.44. The first-order chi connectivity index (χ1) is 9.48. The third kappa shape index (κ3) is 4.36. The van der Waals surface area contributed by atoms with Crippen LogP contribution in [-0.4, -0.2) is 22.6 Å². The Hall–Kier alpha value is -1.32. The van der Waals surface area contributed by atoms with Crippen molar-refractivity contribution in [1.82, 2.24) is 9.97 Å². The van der Waals surface area contributed by atoms with E-state index in [4.69, 9.17) is 4.74 Å². The Morgan fingerprint density at radius 1 is 1.30 bits per heavy atom. The molecule has 0 spiro atoms. The van der Waals surface area contributed by atoms with Crippen molar-refractivity contribution in [1.29, 1.82) is 0 Å². The Morgan fingerprint density at radius 2 is 2.00 bits per heavy atom. The SMILES string of the molecule is CCCOc1cc(C)nc(NC2CCC(C)(C)CC2)n1. The average Bonchev–Trinajstić information content (AvgIpc) is 2.38. The highest BCUT2D eigenvalue weighted by Gasteiger charge is 2.27. The van der Waals surface area contributed by atoms with E-state index in [0.29, 0.717) is 29.9 Å². The molecule has 1 aromatic heterocycles. The molecule has 112 valence electrons. The lowest BCUT2D eigenvalue weighted by atomic mass is 9.76. The third-order valence-corrected chi connectivity index (χ3v) is 3.96. The number of aryl methyl sites for hydroxylation is 1. The highest BCUT2D eigenvalue weighted by atomic mass is 16.5. The molecule has 1 heterocycles. The second kappa shape index (κ2) is 6.42. The number of aromatic nitrogens is 2. The molecule has 1 N–H and O–H groups in total. The van der Waals surface area contributed by atoms with Crippen LogP contribution in [0.5, 0.6) is 5.88 Å². The van der Waals surface area contributed by atoms with Gasteiger partial charge in [-0.2, -0.15) is 4.98 Å². The molecule has 0 unspecified atom stereocenters. The summed E-state index contributed by atoms with van der Waals surface area (Å²) in [7, 11) is 0. The number of anilines is 1. The number of nitrogens with zero attached hydrogens (tertiary/aromatic N) is 2. The first-order valence-corrected chi connectivity index (χ1v) is 7.73. The van der Waals surface area contributed by atoms with Crippen LogP contribution < -0.4 is 10.1 Å². The van der Waals surface area contributed by atoms with Crippen LogP contribution in [-0.2, 0) is 0 Å². The molecule has 0 aromatic carbocycles. The molecule has 4 heteroatoms. The predicted molar refractivity (Wildman–Crippen MR) is 82.2 cm³/mol. The van der Waals surface area contributed by atoms with Gasteiger partial charge in [0.2, 0.25) is 11.8 Å². The molecule has 0 radical (unpaired) electrons. The minimum Gasteiger partial charge on any atom is -0.478 e. The van der Waals surface area contributed by atoms with Crippen LogP contribution in [0.15, 0.2) is 6.07 Å². The van der Waals surface area contributed by atoms with Gasteiger partial charge in [-0.25, -0.2) is 4.98 Å². The van der Waals surface area contributed by atoms with Gasteiger partial charge in [0.05, 0.1) is 6.61 Å². The molecule has 2 rings (SSSR count). The normalized spacial score (nSPS) is 18.8. The summed E-state index contributed by atoms with van der Waals surface area (Å²) < 4.78 is 5.61. The molecule has 1 aliphatic carbocycles. The molecule has 4 nitrogen and oxygen atoms in total.